The lowest BCUT2D eigenvalue weighted by molar-refractivity contribution is 0.0599. The van der Waals surface area contributed by atoms with Gasteiger partial charge in [-0.15, -0.1) is 0 Å². The minimum absolute atomic E-state index is 0.0689. The van der Waals surface area contributed by atoms with Crippen molar-refractivity contribution in [3.63, 3.8) is 0 Å². The Bertz CT molecular complexity index is 1040. The molecule has 0 saturated carbocycles. The first kappa shape index (κ1) is 17.2. The fourth-order valence-corrected chi connectivity index (χ4v) is 2.44. The molecule has 3 rings (SSSR count). The highest BCUT2D eigenvalue weighted by Crippen LogP contribution is 2.24. The number of furan rings is 1. The van der Waals surface area contributed by atoms with E-state index in [1.807, 2.05) is 37.3 Å². The molecule has 3 aromatic rings. The minimum atomic E-state index is -0.510. The smallest absolute Gasteiger partial charge is 0.341 e. The monoisotopic (exact) mass is 349 g/mol. The number of benzene rings is 1. The van der Waals surface area contributed by atoms with Crippen LogP contribution in [0.25, 0.3) is 23.0 Å². The number of hydrogen-bond donors (Lipinski definition) is 0. The van der Waals surface area contributed by atoms with Gasteiger partial charge in [-0.25, -0.2) is 4.79 Å². The zero-order valence-electron chi connectivity index (χ0n) is 14.4. The largest absolute Gasteiger partial charge is 0.465 e. The summed E-state index contributed by atoms with van der Waals surface area (Å²) in [6.45, 7) is 3.57. The Kier molecular flexibility index (Phi) is 4.67. The summed E-state index contributed by atoms with van der Waals surface area (Å²) in [6, 6.07) is 11.1. The zero-order valence-corrected chi connectivity index (χ0v) is 14.4. The Labute approximate surface area is 149 Å². The average molecular weight is 349 g/mol. The molecule has 2 aromatic heterocycles. The van der Waals surface area contributed by atoms with Crippen molar-refractivity contribution in [3.05, 3.63) is 58.9 Å². The van der Waals surface area contributed by atoms with Gasteiger partial charge in [0, 0.05) is 11.6 Å². The summed E-state index contributed by atoms with van der Waals surface area (Å²) in [7, 11) is 1.29. The fourth-order valence-electron chi connectivity index (χ4n) is 2.44. The van der Waals surface area contributed by atoms with Gasteiger partial charge >= 0.3 is 5.97 Å². The second kappa shape index (κ2) is 7.07. The highest BCUT2D eigenvalue weighted by Gasteiger charge is 2.18. The summed E-state index contributed by atoms with van der Waals surface area (Å²) < 4.78 is 15.4. The van der Waals surface area contributed by atoms with Crippen molar-refractivity contribution in [2.75, 3.05) is 7.11 Å². The predicted octanol–water partition coefficient (Wildman–Crippen LogP) is 3.80. The zero-order chi connectivity index (χ0) is 18.7. The van der Waals surface area contributed by atoms with Crippen molar-refractivity contribution in [1.82, 2.24) is 10.1 Å². The number of esters is 1. The number of hydrogen-bond acceptors (Lipinski definition) is 7. The lowest BCUT2D eigenvalue weighted by Crippen LogP contribution is -2.00. The Morgan fingerprint density at radius 1 is 1.31 bits per heavy atom. The van der Waals surface area contributed by atoms with Gasteiger partial charge in [0.25, 0.3) is 5.89 Å². The molecule has 0 spiro atoms. The minimum Gasteiger partial charge on any atom is -0.465 e. The molecule has 0 amide bonds. The van der Waals surface area contributed by atoms with Crippen molar-refractivity contribution in [3.8, 4) is 17.5 Å². The maximum Gasteiger partial charge on any atom is 0.341 e. The van der Waals surface area contributed by atoms with Gasteiger partial charge in [0.15, 0.2) is 0 Å². The molecular formula is C19H15N3O4. The third kappa shape index (κ3) is 3.26. The van der Waals surface area contributed by atoms with Gasteiger partial charge in [-0.1, -0.05) is 29.4 Å². The van der Waals surface area contributed by atoms with Crippen LogP contribution in [0.15, 0.2) is 39.3 Å². The number of aryl methyl sites for hydroxylation is 2. The van der Waals surface area contributed by atoms with Gasteiger partial charge in [0.05, 0.1) is 7.11 Å². The van der Waals surface area contributed by atoms with Crippen LogP contribution in [0.5, 0.6) is 0 Å². The summed E-state index contributed by atoms with van der Waals surface area (Å²) in [6.07, 6.45) is 1.44. The SMILES string of the molecule is COC(=O)c1cc(C=C(C#N)c2nc(-c3ccccc3C)no2)oc1C. The molecule has 7 heteroatoms. The van der Waals surface area contributed by atoms with Crippen LogP contribution in [0.4, 0.5) is 0 Å². The molecule has 7 nitrogen and oxygen atoms in total. The topological polar surface area (TPSA) is 102 Å². The lowest BCUT2D eigenvalue weighted by Gasteiger charge is -1.97. The van der Waals surface area contributed by atoms with E-state index < -0.39 is 5.97 Å². The van der Waals surface area contributed by atoms with E-state index in [1.165, 1.54) is 19.3 Å². The highest BCUT2D eigenvalue weighted by molar-refractivity contribution is 5.92. The molecular weight excluding hydrogens is 334 g/mol. The normalized spacial score (nSPS) is 11.2. The molecule has 0 unspecified atom stereocenters. The van der Waals surface area contributed by atoms with Gasteiger partial charge in [-0.05, 0) is 25.5 Å². The van der Waals surface area contributed by atoms with E-state index in [4.69, 9.17) is 8.94 Å². The first-order valence-corrected chi connectivity index (χ1v) is 7.74. The van der Waals surface area contributed by atoms with Gasteiger partial charge < -0.3 is 13.7 Å². The third-order valence-corrected chi connectivity index (χ3v) is 3.79. The molecule has 0 aliphatic heterocycles. The van der Waals surface area contributed by atoms with E-state index >= 15 is 0 Å². The Morgan fingerprint density at radius 3 is 2.77 bits per heavy atom. The average Bonchev–Trinajstić information content (AvgIpc) is 3.26. The number of rotatable bonds is 4. The molecule has 26 heavy (non-hydrogen) atoms. The molecule has 0 aliphatic rings. The quantitative estimate of drug-likeness (QED) is 0.521. The summed E-state index contributed by atoms with van der Waals surface area (Å²) >= 11 is 0. The van der Waals surface area contributed by atoms with Crippen molar-refractivity contribution in [2.45, 2.75) is 13.8 Å². The standard InChI is InChI=1S/C19H15N3O4/c1-11-6-4-5-7-15(11)17-21-18(26-22-17)13(10-20)8-14-9-16(12(2)25-14)19(23)24-3/h4-9H,1-3H3. The van der Waals surface area contributed by atoms with Crippen LogP contribution in [0.2, 0.25) is 0 Å². The number of nitriles is 1. The van der Waals surface area contributed by atoms with Crippen LogP contribution in [-0.4, -0.2) is 23.2 Å². The van der Waals surface area contributed by atoms with Crippen LogP contribution < -0.4 is 0 Å². The molecule has 0 N–H and O–H groups in total. The predicted molar refractivity (Wildman–Crippen MR) is 92.7 cm³/mol. The molecule has 0 fully saturated rings. The van der Waals surface area contributed by atoms with Gasteiger partial charge in [0.1, 0.15) is 28.7 Å². The Morgan fingerprint density at radius 2 is 2.08 bits per heavy atom. The number of aromatic nitrogens is 2. The maximum absolute atomic E-state index is 11.7. The highest BCUT2D eigenvalue weighted by atomic mass is 16.5. The maximum atomic E-state index is 11.7. The van der Waals surface area contributed by atoms with E-state index in [0.717, 1.165) is 11.1 Å². The van der Waals surface area contributed by atoms with E-state index in [-0.39, 0.29) is 11.5 Å². The first-order chi connectivity index (χ1) is 12.5. The third-order valence-electron chi connectivity index (χ3n) is 3.79. The van der Waals surface area contributed by atoms with E-state index in [2.05, 4.69) is 14.9 Å². The fraction of sp³-hybridized carbons (Fsp3) is 0.158. The van der Waals surface area contributed by atoms with Crippen LogP contribution in [0.3, 0.4) is 0 Å². The lowest BCUT2D eigenvalue weighted by atomic mass is 10.1. The van der Waals surface area contributed by atoms with Crippen LogP contribution in [-0.2, 0) is 4.74 Å². The Balaban J connectivity index is 1.96. The van der Waals surface area contributed by atoms with Crippen LogP contribution in [0, 0.1) is 25.2 Å². The van der Waals surface area contributed by atoms with Gasteiger partial charge in [-0.2, -0.15) is 10.2 Å². The Hall–Kier alpha value is -3.66. The second-order valence-electron chi connectivity index (χ2n) is 5.52. The van der Waals surface area contributed by atoms with E-state index in [0.29, 0.717) is 22.9 Å². The summed E-state index contributed by atoms with van der Waals surface area (Å²) in [5, 5.41) is 13.4. The van der Waals surface area contributed by atoms with Gasteiger partial charge in [-0.3, -0.25) is 0 Å². The second-order valence-corrected chi connectivity index (χ2v) is 5.52. The molecule has 130 valence electrons. The first-order valence-electron chi connectivity index (χ1n) is 7.74. The number of ether oxygens (including phenoxy) is 1. The molecule has 0 atom stereocenters. The van der Waals surface area contributed by atoms with Crippen LogP contribution in [0.1, 0.15) is 33.3 Å². The molecule has 0 aliphatic carbocycles. The van der Waals surface area contributed by atoms with Crippen molar-refractivity contribution in [2.24, 2.45) is 0 Å². The molecule has 1 aromatic carbocycles. The molecule has 2 heterocycles. The van der Waals surface area contributed by atoms with E-state index in [9.17, 15) is 10.1 Å². The molecule has 0 radical (unpaired) electrons. The number of methoxy groups -OCH3 is 1. The van der Waals surface area contributed by atoms with Crippen molar-refractivity contribution in [1.29, 1.82) is 5.26 Å². The number of nitrogens with zero attached hydrogens (tertiary/aromatic N) is 3. The molecule has 0 bridgehead atoms. The van der Waals surface area contributed by atoms with E-state index in [1.54, 1.807) is 6.92 Å². The number of carbonyl (C=O) groups excluding carboxylic acids is 1. The summed E-state index contributed by atoms with van der Waals surface area (Å²) in [4.78, 5) is 15.9. The van der Waals surface area contributed by atoms with Gasteiger partial charge in [0.2, 0.25) is 5.82 Å². The number of carbonyl (C=O) groups is 1. The number of allylic oxidation sites excluding steroid dienone is 1. The molecule has 0 saturated heterocycles. The van der Waals surface area contributed by atoms with Crippen LogP contribution >= 0.6 is 0 Å². The summed E-state index contributed by atoms with van der Waals surface area (Å²) in [5.74, 6) is 0.662. The van der Waals surface area contributed by atoms with Crippen molar-refractivity contribution < 1.29 is 18.5 Å². The summed E-state index contributed by atoms with van der Waals surface area (Å²) in [5.41, 5.74) is 2.23. The van der Waals surface area contributed by atoms with Crippen molar-refractivity contribution >= 4 is 17.6 Å².